The van der Waals surface area contributed by atoms with Crippen LogP contribution in [0.25, 0.3) is 0 Å². The summed E-state index contributed by atoms with van der Waals surface area (Å²) in [6.07, 6.45) is 0.194. The van der Waals surface area contributed by atoms with Gasteiger partial charge in [0.1, 0.15) is 0 Å². The van der Waals surface area contributed by atoms with E-state index < -0.39 is 0 Å². The Bertz CT molecular complexity index is 174. The number of nitrogens with zero attached hydrogens (tertiary/aromatic N) is 1. The summed E-state index contributed by atoms with van der Waals surface area (Å²) in [6.45, 7) is 7.92. The van der Waals surface area contributed by atoms with Crippen LogP contribution in [0.3, 0.4) is 0 Å². The molecule has 1 aliphatic rings. The van der Waals surface area contributed by atoms with Gasteiger partial charge >= 0.3 is 0 Å². The second-order valence-electron chi connectivity index (χ2n) is 4.53. The Kier molecular flexibility index (Phi) is 4.31. The summed E-state index contributed by atoms with van der Waals surface area (Å²) in [7, 11) is 2.10. The first kappa shape index (κ1) is 11.9. The Hall–Kier alpha value is -0.160. The van der Waals surface area contributed by atoms with E-state index in [1.807, 2.05) is 13.8 Å². The third-order valence-corrected chi connectivity index (χ3v) is 2.49. The molecule has 0 saturated carbocycles. The number of likely N-dealkylation sites (N-methyl/N-ethyl adjacent to an activating group) is 1. The van der Waals surface area contributed by atoms with Crippen molar-refractivity contribution in [3.8, 4) is 0 Å². The molecule has 1 fully saturated rings. The van der Waals surface area contributed by atoms with Crippen LogP contribution in [0.5, 0.6) is 0 Å². The molecule has 0 radical (unpaired) electrons. The molecule has 4 nitrogen and oxygen atoms in total. The minimum Gasteiger partial charge on any atom is -0.373 e. The molecule has 0 aromatic carbocycles. The lowest BCUT2D eigenvalue weighted by Crippen LogP contribution is -2.45. The van der Waals surface area contributed by atoms with Crippen LogP contribution in [-0.4, -0.2) is 56.5 Å². The standard InChI is InChI=1S/C10H22N2O2/c1-10(2,8-11)14-7-9-6-12(3)4-5-13-9/h9H,4-8,11H2,1-3H3. The van der Waals surface area contributed by atoms with Crippen molar-refractivity contribution in [3.05, 3.63) is 0 Å². The predicted molar refractivity (Wildman–Crippen MR) is 56.3 cm³/mol. The van der Waals surface area contributed by atoms with Gasteiger partial charge in [-0.3, -0.25) is 0 Å². The van der Waals surface area contributed by atoms with E-state index in [0.717, 1.165) is 19.7 Å². The van der Waals surface area contributed by atoms with Crippen molar-refractivity contribution in [2.45, 2.75) is 25.6 Å². The van der Waals surface area contributed by atoms with Crippen LogP contribution >= 0.6 is 0 Å². The Morgan fingerprint density at radius 3 is 2.86 bits per heavy atom. The maximum absolute atomic E-state index is 5.69. The fourth-order valence-electron chi connectivity index (χ4n) is 1.35. The molecule has 1 saturated heterocycles. The van der Waals surface area contributed by atoms with Gasteiger partial charge in [-0.25, -0.2) is 0 Å². The third-order valence-electron chi connectivity index (χ3n) is 2.49. The maximum atomic E-state index is 5.69. The average Bonchev–Trinajstić information content (AvgIpc) is 2.15. The van der Waals surface area contributed by atoms with Gasteiger partial charge in [-0.05, 0) is 20.9 Å². The van der Waals surface area contributed by atoms with Gasteiger partial charge in [0.25, 0.3) is 0 Å². The number of rotatable bonds is 4. The van der Waals surface area contributed by atoms with Gasteiger partial charge in [-0.2, -0.15) is 0 Å². The van der Waals surface area contributed by atoms with E-state index in [9.17, 15) is 0 Å². The molecule has 1 aliphatic heterocycles. The topological polar surface area (TPSA) is 47.7 Å². The zero-order valence-electron chi connectivity index (χ0n) is 9.45. The highest BCUT2D eigenvalue weighted by molar-refractivity contribution is 4.73. The second kappa shape index (κ2) is 5.07. The molecule has 0 amide bonds. The molecule has 0 spiro atoms. The molecule has 0 aromatic heterocycles. The maximum Gasteiger partial charge on any atom is 0.0935 e. The Morgan fingerprint density at radius 2 is 2.29 bits per heavy atom. The molecule has 14 heavy (non-hydrogen) atoms. The largest absolute Gasteiger partial charge is 0.373 e. The lowest BCUT2D eigenvalue weighted by atomic mass is 10.1. The molecule has 84 valence electrons. The van der Waals surface area contributed by atoms with Crippen molar-refractivity contribution in [2.24, 2.45) is 5.73 Å². The molecule has 4 heteroatoms. The van der Waals surface area contributed by atoms with E-state index in [1.54, 1.807) is 0 Å². The van der Waals surface area contributed by atoms with E-state index in [0.29, 0.717) is 13.2 Å². The van der Waals surface area contributed by atoms with Crippen LogP contribution in [0, 0.1) is 0 Å². The number of nitrogens with two attached hydrogens (primary N) is 1. The molecular formula is C10H22N2O2. The summed E-state index contributed by atoms with van der Waals surface area (Å²) < 4.78 is 11.3. The van der Waals surface area contributed by atoms with Gasteiger partial charge < -0.3 is 20.1 Å². The van der Waals surface area contributed by atoms with Gasteiger partial charge in [0.15, 0.2) is 0 Å². The third kappa shape index (κ3) is 3.92. The van der Waals surface area contributed by atoms with E-state index >= 15 is 0 Å². The first-order valence-electron chi connectivity index (χ1n) is 5.18. The SMILES string of the molecule is CN1CCOC(COC(C)(C)CN)C1. The first-order chi connectivity index (χ1) is 6.53. The van der Waals surface area contributed by atoms with Crippen molar-refractivity contribution in [3.63, 3.8) is 0 Å². The number of ether oxygens (including phenoxy) is 2. The zero-order valence-corrected chi connectivity index (χ0v) is 9.45. The quantitative estimate of drug-likeness (QED) is 0.701. The molecule has 1 unspecified atom stereocenters. The Balaban J connectivity index is 2.23. The summed E-state index contributed by atoms with van der Waals surface area (Å²) in [5.74, 6) is 0. The van der Waals surface area contributed by atoms with Gasteiger partial charge in [0, 0.05) is 19.6 Å². The lowest BCUT2D eigenvalue weighted by Gasteiger charge is -2.32. The Morgan fingerprint density at radius 1 is 1.57 bits per heavy atom. The molecule has 2 N–H and O–H groups in total. The van der Waals surface area contributed by atoms with Crippen LogP contribution in [0.4, 0.5) is 0 Å². The summed E-state index contributed by atoms with van der Waals surface area (Å²) in [5, 5.41) is 0. The van der Waals surface area contributed by atoms with Gasteiger partial charge in [0.05, 0.1) is 24.9 Å². The van der Waals surface area contributed by atoms with E-state index in [-0.39, 0.29) is 11.7 Å². The van der Waals surface area contributed by atoms with Crippen LogP contribution in [0.2, 0.25) is 0 Å². The second-order valence-corrected chi connectivity index (χ2v) is 4.53. The first-order valence-corrected chi connectivity index (χ1v) is 5.18. The molecule has 0 bridgehead atoms. The van der Waals surface area contributed by atoms with Gasteiger partial charge in [-0.1, -0.05) is 0 Å². The zero-order chi connectivity index (χ0) is 10.6. The van der Waals surface area contributed by atoms with Crippen molar-refractivity contribution < 1.29 is 9.47 Å². The molecular weight excluding hydrogens is 180 g/mol. The predicted octanol–water partition coefficient (Wildman–Crippen LogP) is 0.0709. The van der Waals surface area contributed by atoms with E-state index in [4.69, 9.17) is 15.2 Å². The minimum atomic E-state index is -0.237. The summed E-state index contributed by atoms with van der Waals surface area (Å²) in [6, 6.07) is 0. The molecule has 1 heterocycles. The average molecular weight is 202 g/mol. The monoisotopic (exact) mass is 202 g/mol. The highest BCUT2D eigenvalue weighted by Crippen LogP contribution is 2.10. The van der Waals surface area contributed by atoms with Crippen molar-refractivity contribution in [1.82, 2.24) is 4.90 Å². The molecule has 1 rings (SSSR count). The van der Waals surface area contributed by atoms with Crippen molar-refractivity contribution >= 4 is 0 Å². The molecule has 0 aliphatic carbocycles. The van der Waals surface area contributed by atoms with E-state index in [1.165, 1.54) is 0 Å². The molecule has 1 atom stereocenters. The smallest absolute Gasteiger partial charge is 0.0935 e. The van der Waals surface area contributed by atoms with Crippen LogP contribution < -0.4 is 5.73 Å². The highest BCUT2D eigenvalue weighted by atomic mass is 16.5. The summed E-state index contributed by atoms with van der Waals surface area (Å²) >= 11 is 0. The van der Waals surface area contributed by atoms with E-state index in [2.05, 4.69) is 11.9 Å². The number of hydrogen-bond acceptors (Lipinski definition) is 4. The summed E-state index contributed by atoms with van der Waals surface area (Å²) in [4.78, 5) is 2.26. The lowest BCUT2D eigenvalue weighted by molar-refractivity contribution is -0.102. The fraction of sp³-hybridized carbons (Fsp3) is 1.00. The van der Waals surface area contributed by atoms with Crippen LogP contribution in [0.1, 0.15) is 13.8 Å². The summed E-state index contributed by atoms with van der Waals surface area (Å²) in [5.41, 5.74) is 5.34. The number of hydrogen-bond donors (Lipinski definition) is 1. The van der Waals surface area contributed by atoms with Crippen molar-refractivity contribution in [2.75, 3.05) is 39.9 Å². The molecule has 0 aromatic rings. The van der Waals surface area contributed by atoms with Gasteiger partial charge in [-0.15, -0.1) is 0 Å². The van der Waals surface area contributed by atoms with Crippen LogP contribution in [0.15, 0.2) is 0 Å². The van der Waals surface area contributed by atoms with Gasteiger partial charge in [0.2, 0.25) is 0 Å². The Labute approximate surface area is 86.3 Å². The fourth-order valence-corrected chi connectivity index (χ4v) is 1.35. The number of morpholine rings is 1. The minimum absolute atomic E-state index is 0.194. The normalized spacial score (nSPS) is 25.3. The highest BCUT2D eigenvalue weighted by Gasteiger charge is 2.22. The van der Waals surface area contributed by atoms with Crippen molar-refractivity contribution in [1.29, 1.82) is 0 Å². The van der Waals surface area contributed by atoms with Crippen LogP contribution in [-0.2, 0) is 9.47 Å².